The van der Waals surface area contributed by atoms with Crippen molar-refractivity contribution in [1.82, 2.24) is 15.2 Å². The zero-order valence-corrected chi connectivity index (χ0v) is 9.60. The number of thiazole rings is 1. The van der Waals surface area contributed by atoms with Crippen LogP contribution in [0.2, 0.25) is 0 Å². The maximum Gasteiger partial charge on any atom is 0.0798 e. The average Bonchev–Trinajstić information content (AvgIpc) is 2.47. The number of aromatic nitrogens is 1. The molecule has 0 radical (unpaired) electrons. The molecule has 1 aliphatic heterocycles. The summed E-state index contributed by atoms with van der Waals surface area (Å²) in [5.41, 5.74) is 3.14. The lowest BCUT2D eigenvalue weighted by molar-refractivity contribution is 0.146. The van der Waals surface area contributed by atoms with Crippen molar-refractivity contribution in [3.63, 3.8) is 0 Å². The molecule has 1 aromatic rings. The first-order chi connectivity index (χ1) is 6.81. The summed E-state index contributed by atoms with van der Waals surface area (Å²) in [4.78, 5) is 8.22. The van der Waals surface area contributed by atoms with Gasteiger partial charge in [-0.3, -0.25) is 4.90 Å². The monoisotopic (exact) mass is 211 g/mol. The van der Waals surface area contributed by atoms with Gasteiger partial charge in [-0.2, -0.15) is 0 Å². The van der Waals surface area contributed by atoms with E-state index in [2.05, 4.69) is 29.0 Å². The van der Waals surface area contributed by atoms with Gasteiger partial charge in [-0.25, -0.2) is 4.98 Å². The van der Waals surface area contributed by atoms with Gasteiger partial charge in [0.05, 0.1) is 11.2 Å². The minimum absolute atomic E-state index is 0.737. The fourth-order valence-electron chi connectivity index (χ4n) is 1.69. The molecule has 78 valence electrons. The first-order valence-corrected chi connectivity index (χ1v) is 6.03. The van der Waals surface area contributed by atoms with Gasteiger partial charge in [0.2, 0.25) is 0 Å². The summed E-state index contributed by atoms with van der Waals surface area (Å²) >= 11 is 1.77. The van der Waals surface area contributed by atoms with Crippen LogP contribution in [0.5, 0.6) is 0 Å². The standard InChI is InChI=1S/C10H17N3S/c1-3-13(9-4-11-5-9)6-10-8(2)12-7-14-10/h7,9,11H,3-6H2,1-2H3. The molecule has 0 atom stereocenters. The molecule has 3 nitrogen and oxygen atoms in total. The Kier molecular flexibility index (Phi) is 3.15. The molecule has 1 N–H and O–H groups in total. The quantitative estimate of drug-likeness (QED) is 0.812. The summed E-state index contributed by atoms with van der Waals surface area (Å²) in [5.74, 6) is 0. The van der Waals surface area contributed by atoms with E-state index >= 15 is 0 Å². The van der Waals surface area contributed by atoms with Crippen molar-refractivity contribution in [2.24, 2.45) is 0 Å². The van der Waals surface area contributed by atoms with E-state index < -0.39 is 0 Å². The molecule has 1 fully saturated rings. The van der Waals surface area contributed by atoms with Crippen LogP contribution in [0, 0.1) is 6.92 Å². The summed E-state index contributed by atoms with van der Waals surface area (Å²) in [6.45, 7) is 8.81. The van der Waals surface area contributed by atoms with E-state index in [1.165, 1.54) is 10.6 Å². The Balaban J connectivity index is 1.97. The topological polar surface area (TPSA) is 28.2 Å². The number of hydrogen-bond donors (Lipinski definition) is 1. The predicted octanol–water partition coefficient (Wildman–Crippen LogP) is 1.25. The predicted molar refractivity (Wildman–Crippen MR) is 59.6 cm³/mol. The van der Waals surface area contributed by atoms with Crippen LogP contribution in [-0.4, -0.2) is 35.6 Å². The first kappa shape index (κ1) is 10.1. The molecule has 2 heterocycles. The van der Waals surface area contributed by atoms with Crippen LogP contribution >= 0.6 is 11.3 Å². The van der Waals surface area contributed by atoms with Crippen molar-refractivity contribution in [3.8, 4) is 0 Å². The Morgan fingerprint density at radius 1 is 1.64 bits per heavy atom. The Hall–Kier alpha value is -0.450. The van der Waals surface area contributed by atoms with Gasteiger partial charge >= 0.3 is 0 Å². The number of hydrogen-bond acceptors (Lipinski definition) is 4. The lowest BCUT2D eigenvalue weighted by Gasteiger charge is -2.37. The van der Waals surface area contributed by atoms with E-state index in [-0.39, 0.29) is 0 Å². The van der Waals surface area contributed by atoms with E-state index in [4.69, 9.17) is 0 Å². The summed E-state index contributed by atoms with van der Waals surface area (Å²) in [7, 11) is 0. The summed E-state index contributed by atoms with van der Waals surface area (Å²) in [6.07, 6.45) is 0. The molecular weight excluding hydrogens is 194 g/mol. The molecule has 0 unspecified atom stereocenters. The van der Waals surface area contributed by atoms with E-state index in [0.29, 0.717) is 0 Å². The fraction of sp³-hybridized carbons (Fsp3) is 0.700. The Morgan fingerprint density at radius 2 is 2.43 bits per heavy atom. The third-order valence-electron chi connectivity index (χ3n) is 2.87. The minimum Gasteiger partial charge on any atom is -0.314 e. The largest absolute Gasteiger partial charge is 0.314 e. The van der Waals surface area contributed by atoms with Crippen molar-refractivity contribution < 1.29 is 0 Å². The van der Waals surface area contributed by atoms with E-state index in [1.54, 1.807) is 11.3 Å². The van der Waals surface area contributed by atoms with Gasteiger partial charge in [-0.05, 0) is 13.5 Å². The maximum atomic E-state index is 4.28. The molecular formula is C10H17N3S. The van der Waals surface area contributed by atoms with Crippen molar-refractivity contribution in [1.29, 1.82) is 0 Å². The molecule has 0 aliphatic carbocycles. The van der Waals surface area contributed by atoms with Gasteiger partial charge in [0.15, 0.2) is 0 Å². The molecule has 2 rings (SSSR count). The second-order valence-corrected chi connectivity index (χ2v) is 4.68. The third-order valence-corrected chi connectivity index (χ3v) is 3.79. The van der Waals surface area contributed by atoms with Gasteiger partial charge in [0.25, 0.3) is 0 Å². The van der Waals surface area contributed by atoms with Crippen molar-refractivity contribution in [3.05, 3.63) is 16.1 Å². The Labute approximate surface area is 89.1 Å². The van der Waals surface area contributed by atoms with Crippen LogP contribution in [0.3, 0.4) is 0 Å². The van der Waals surface area contributed by atoms with Crippen molar-refractivity contribution >= 4 is 11.3 Å². The average molecular weight is 211 g/mol. The fourth-order valence-corrected chi connectivity index (χ4v) is 2.49. The molecule has 1 saturated heterocycles. The zero-order chi connectivity index (χ0) is 9.97. The van der Waals surface area contributed by atoms with Gasteiger partial charge in [-0.1, -0.05) is 6.92 Å². The molecule has 0 aromatic carbocycles. The Bertz CT molecular complexity index is 293. The number of likely N-dealkylation sites (N-methyl/N-ethyl adjacent to an activating group) is 1. The van der Waals surface area contributed by atoms with Gasteiger partial charge in [0, 0.05) is 30.6 Å². The van der Waals surface area contributed by atoms with Gasteiger partial charge < -0.3 is 5.32 Å². The van der Waals surface area contributed by atoms with Crippen LogP contribution in [0.25, 0.3) is 0 Å². The molecule has 4 heteroatoms. The highest BCUT2D eigenvalue weighted by molar-refractivity contribution is 7.09. The highest BCUT2D eigenvalue weighted by atomic mass is 32.1. The van der Waals surface area contributed by atoms with E-state index in [0.717, 1.165) is 32.2 Å². The minimum atomic E-state index is 0.737. The molecule has 0 spiro atoms. The Morgan fingerprint density at radius 3 is 2.86 bits per heavy atom. The summed E-state index contributed by atoms with van der Waals surface area (Å²) in [6, 6.07) is 0.737. The first-order valence-electron chi connectivity index (χ1n) is 5.15. The zero-order valence-electron chi connectivity index (χ0n) is 8.79. The van der Waals surface area contributed by atoms with Crippen LogP contribution in [-0.2, 0) is 6.54 Å². The second kappa shape index (κ2) is 4.38. The summed E-state index contributed by atoms with van der Waals surface area (Å²) in [5, 5.41) is 3.32. The van der Waals surface area contributed by atoms with Gasteiger partial charge in [-0.15, -0.1) is 11.3 Å². The number of nitrogens with one attached hydrogen (secondary N) is 1. The molecule has 14 heavy (non-hydrogen) atoms. The smallest absolute Gasteiger partial charge is 0.0798 e. The van der Waals surface area contributed by atoms with Crippen LogP contribution in [0.1, 0.15) is 17.5 Å². The van der Waals surface area contributed by atoms with E-state index in [9.17, 15) is 0 Å². The lowest BCUT2D eigenvalue weighted by Crippen LogP contribution is -2.56. The van der Waals surface area contributed by atoms with Crippen LogP contribution in [0.15, 0.2) is 5.51 Å². The van der Waals surface area contributed by atoms with Gasteiger partial charge in [0.1, 0.15) is 0 Å². The van der Waals surface area contributed by atoms with Crippen LogP contribution in [0.4, 0.5) is 0 Å². The third kappa shape index (κ3) is 1.97. The van der Waals surface area contributed by atoms with E-state index in [1.807, 2.05) is 5.51 Å². The SMILES string of the molecule is CCN(Cc1scnc1C)C1CNC1. The van der Waals surface area contributed by atoms with Crippen LogP contribution < -0.4 is 5.32 Å². The molecule has 0 saturated carbocycles. The summed E-state index contributed by atoms with van der Waals surface area (Å²) < 4.78 is 0. The highest BCUT2D eigenvalue weighted by Gasteiger charge is 2.23. The lowest BCUT2D eigenvalue weighted by atomic mass is 10.1. The molecule has 0 bridgehead atoms. The van der Waals surface area contributed by atoms with Crippen molar-refractivity contribution in [2.45, 2.75) is 26.4 Å². The second-order valence-electron chi connectivity index (χ2n) is 3.74. The number of rotatable bonds is 4. The molecule has 1 aliphatic rings. The number of aryl methyl sites for hydroxylation is 1. The van der Waals surface area contributed by atoms with Crippen molar-refractivity contribution in [2.75, 3.05) is 19.6 Å². The maximum absolute atomic E-state index is 4.28. The highest BCUT2D eigenvalue weighted by Crippen LogP contribution is 2.17. The molecule has 0 amide bonds. The number of nitrogens with zero attached hydrogens (tertiary/aromatic N) is 2. The molecule has 1 aromatic heterocycles. The normalized spacial score (nSPS) is 17.4.